The molecule has 102 valence electrons. The van der Waals surface area contributed by atoms with Gasteiger partial charge in [-0.2, -0.15) is 5.26 Å². The van der Waals surface area contributed by atoms with Crippen LogP contribution in [0.25, 0.3) is 11.4 Å². The zero-order valence-electron chi connectivity index (χ0n) is 11.0. The van der Waals surface area contributed by atoms with Crippen molar-refractivity contribution in [2.45, 2.75) is 36.2 Å². The van der Waals surface area contributed by atoms with Crippen LogP contribution in [0.4, 0.5) is 4.39 Å². The van der Waals surface area contributed by atoms with E-state index in [1.807, 2.05) is 11.5 Å². The second-order valence-electron chi connectivity index (χ2n) is 4.78. The van der Waals surface area contributed by atoms with Crippen molar-refractivity contribution in [3.8, 4) is 17.5 Å². The minimum absolute atomic E-state index is 0.204. The standard InChI is InChI=1S/C14H13FN4S/c1-9(8-16)20-14-18-17-13(19(14)10-6-7-10)11-4-2-3-5-12(11)15/h2-5,9-10H,6-7H2,1H3/t9-/m0/s1. The zero-order valence-corrected chi connectivity index (χ0v) is 11.8. The van der Waals surface area contributed by atoms with Crippen molar-refractivity contribution in [3.05, 3.63) is 30.1 Å². The van der Waals surface area contributed by atoms with E-state index in [-0.39, 0.29) is 11.1 Å². The molecule has 1 aliphatic carbocycles. The molecule has 1 heterocycles. The highest BCUT2D eigenvalue weighted by molar-refractivity contribution is 8.00. The van der Waals surface area contributed by atoms with E-state index < -0.39 is 0 Å². The maximum absolute atomic E-state index is 13.9. The van der Waals surface area contributed by atoms with E-state index in [0.29, 0.717) is 22.6 Å². The van der Waals surface area contributed by atoms with Gasteiger partial charge < -0.3 is 0 Å². The molecule has 1 aromatic carbocycles. The fraction of sp³-hybridized carbons (Fsp3) is 0.357. The third-order valence-electron chi connectivity index (χ3n) is 3.16. The summed E-state index contributed by atoms with van der Waals surface area (Å²) in [6.07, 6.45) is 2.10. The smallest absolute Gasteiger partial charge is 0.193 e. The molecule has 0 saturated heterocycles. The van der Waals surface area contributed by atoms with Gasteiger partial charge in [-0.15, -0.1) is 10.2 Å². The number of rotatable bonds is 4. The molecule has 6 heteroatoms. The Morgan fingerprint density at radius 2 is 2.15 bits per heavy atom. The van der Waals surface area contributed by atoms with E-state index in [1.165, 1.54) is 17.8 Å². The van der Waals surface area contributed by atoms with Crippen LogP contribution in [0, 0.1) is 17.1 Å². The highest BCUT2D eigenvalue weighted by atomic mass is 32.2. The Balaban J connectivity index is 2.04. The fourth-order valence-corrected chi connectivity index (χ4v) is 2.84. The molecule has 0 amide bonds. The molecule has 1 saturated carbocycles. The maximum Gasteiger partial charge on any atom is 0.193 e. The minimum atomic E-state index is -0.299. The Morgan fingerprint density at radius 3 is 2.80 bits per heavy atom. The number of hydrogen-bond donors (Lipinski definition) is 0. The predicted octanol–water partition coefficient (Wildman–Crippen LogP) is 3.42. The van der Waals surface area contributed by atoms with Gasteiger partial charge in [0.05, 0.1) is 16.9 Å². The van der Waals surface area contributed by atoms with Crippen molar-refractivity contribution in [1.29, 1.82) is 5.26 Å². The van der Waals surface area contributed by atoms with Crippen molar-refractivity contribution in [2.75, 3.05) is 0 Å². The van der Waals surface area contributed by atoms with Crippen LogP contribution < -0.4 is 0 Å². The van der Waals surface area contributed by atoms with Gasteiger partial charge in [0.25, 0.3) is 0 Å². The second-order valence-corrected chi connectivity index (χ2v) is 6.08. The van der Waals surface area contributed by atoms with Crippen LogP contribution in [0.2, 0.25) is 0 Å². The summed E-state index contributed by atoms with van der Waals surface area (Å²) in [6, 6.07) is 9.07. The maximum atomic E-state index is 13.9. The summed E-state index contributed by atoms with van der Waals surface area (Å²) in [6.45, 7) is 1.82. The van der Waals surface area contributed by atoms with E-state index in [2.05, 4.69) is 16.3 Å². The van der Waals surface area contributed by atoms with Crippen LogP contribution in [0.1, 0.15) is 25.8 Å². The molecule has 1 fully saturated rings. The van der Waals surface area contributed by atoms with Gasteiger partial charge in [0.1, 0.15) is 5.82 Å². The number of halogens is 1. The van der Waals surface area contributed by atoms with Crippen molar-refractivity contribution in [2.24, 2.45) is 0 Å². The highest BCUT2D eigenvalue weighted by Gasteiger charge is 2.31. The Morgan fingerprint density at radius 1 is 1.40 bits per heavy atom. The summed E-state index contributed by atoms with van der Waals surface area (Å²) in [5.41, 5.74) is 0.461. The highest BCUT2D eigenvalue weighted by Crippen LogP contribution is 2.41. The Kier molecular flexibility index (Phi) is 3.45. The SMILES string of the molecule is C[C@@H](C#N)Sc1nnc(-c2ccccc2F)n1C1CC1. The molecule has 0 bridgehead atoms. The van der Waals surface area contributed by atoms with Crippen molar-refractivity contribution < 1.29 is 4.39 Å². The Labute approximate surface area is 120 Å². The van der Waals surface area contributed by atoms with Crippen LogP contribution in [0.3, 0.4) is 0 Å². The first-order valence-electron chi connectivity index (χ1n) is 6.46. The molecule has 4 nitrogen and oxygen atoms in total. The molecule has 3 rings (SSSR count). The summed E-state index contributed by atoms with van der Waals surface area (Å²) in [7, 11) is 0. The number of benzene rings is 1. The van der Waals surface area contributed by atoms with Gasteiger partial charge in [0, 0.05) is 6.04 Å². The lowest BCUT2D eigenvalue weighted by atomic mass is 10.2. The van der Waals surface area contributed by atoms with Gasteiger partial charge >= 0.3 is 0 Å². The van der Waals surface area contributed by atoms with Gasteiger partial charge in [-0.05, 0) is 31.9 Å². The number of nitrogens with zero attached hydrogens (tertiary/aromatic N) is 4. The van der Waals surface area contributed by atoms with Crippen LogP contribution in [-0.2, 0) is 0 Å². The van der Waals surface area contributed by atoms with Crippen LogP contribution in [0.15, 0.2) is 29.4 Å². The second kappa shape index (κ2) is 5.25. The Hall–Kier alpha value is -1.87. The molecule has 1 aliphatic rings. The van der Waals surface area contributed by atoms with E-state index in [1.54, 1.807) is 18.2 Å². The minimum Gasteiger partial charge on any atom is -0.299 e. The van der Waals surface area contributed by atoms with Crippen molar-refractivity contribution in [1.82, 2.24) is 14.8 Å². The lowest BCUT2D eigenvalue weighted by Gasteiger charge is -2.09. The molecular weight excluding hydrogens is 275 g/mol. The van der Waals surface area contributed by atoms with Crippen LogP contribution in [-0.4, -0.2) is 20.0 Å². The quantitative estimate of drug-likeness (QED) is 0.809. The van der Waals surface area contributed by atoms with Gasteiger partial charge in [-0.25, -0.2) is 4.39 Å². The predicted molar refractivity (Wildman–Crippen MR) is 74.6 cm³/mol. The first-order chi connectivity index (χ1) is 9.70. The normalized spacial score (nSPS) is 15.8. The third kappa shape index (κ3) is 2.41. The van der Waals surface area contributed by atoms with E-state index >= 15 is 0 Å². The van der Waals surface area contributed by atoms with Gasteiger partial charge in [-0.3, -0.25) is 4.57 Å². The summed E-state index contributed by atoms with van der Waals surface area (Å²) in [5, 5.41) is 17.7. The molecule has 1 aromatic heterocycles. The summed E-state index contributed by atoms with van der Waals surface area (Å²) in [4.78, 5) is 0. The number of thioether (sulfide) groups is 1. The van der Waals surface area contributed by atoms with Gasteiger partial charge in [0.15, 0.2) is 11.0 Å². The molecule has 0 spiro atoms. The average Bonchev–Trinajstić information content (AvgIpc) is 3.21. The van der Waals surface area contributed by atoms with Gasteiger partial charge in [0.2, 0.25) is 0 Å². The molecule has 0 N–H and O–H groups in total. The number of nitriles is 1. The average molecular weight is 288 g/mol. The van der Waals surface area contributed by atoms with Crippen molar-refractivity contribution >= 4 is 11.8 Å². The first-order valence-corrected chi connectivity index (χ1v) is 7.34. The van der Waals surface area contributed by atoms with Crippen LogP contribution in [0.5, 0.6) is 0 Å². The summed E-state index contributed by atoms with van der Waals surface area (Å²) < 4.78 is 15.9. The molecule has 2 aromatic rings. The van der Waals surface area contributed by atoms with E-state index in [0.717, 1.165) is 12.8 Å². The first kappa shape index (κ1) is 13.1. The molecular formula is C14H13FN4S. The van der Waals surface area contributed by atoms with E-state index in [4.69, 9.17) is 5.26 Å². The number of hydrogen-bond acceptors (Lipinski definition) is 4. The topological polar surface area (TPSA) is 54.5 Å². The molecule has 0 unspecified atom stereocenters. The molecule has 0 radical (unpaired) electrons. The number of aromatic nitrogens is 3. The van der Waals surface area contributed by atoms with E-state index in [9.17, 15) is 4.39 Å². The third-order valence-corrected chi connectivity index (χ3v) is 4.10. The fourth-order valence-electron chi connectivity index (χ4n) is 2.03. The lowest BCUT2D eigenvalue weighted by molar-refractivity contribution is 0.622. The largest absolute Gasteiger partial charge is 0.299 e. The zero-order chi connectivity index (χ0) is 14.1. The molecule has 20 heavy (non-hydrogen) atoms. The van der Waals surface area contributed by atoms with Gasteiger partial charge in [-0.1, -0.05) is 23.9 Å². The summed E-state index contributed by atoms with van der Waals surface area (Å²) in [5.74, 6) is 0.255. The lowest BCUT2D eigenvalue weighted by Crippen LogP contribution is -2.02. The monoisotopic (exact) mass is 288 g/mol. The Bertz CT molecular complexity index is 672. The molecule has 1 atom stereocenters. The van der Waals surface area contributed by atoms with Crippen molar-refractivity contribution in [3.63, 3.8) is 0 Å². The summed E-state index contributed by atoms with van der Waals surface area (Å²) >= 11 is 1.37. The molecule has 0 aliphatic heterocycles. The van der Waals surface area contributed by atoms with Crippen LogP contribution >= 0.6 is 11.8 Å².